The molecule has 22 heavy (non-hydrogen) atoms. The van der Waals surface area contributed by atoms with Crippen LogP contribution in [0.3, 0.4) is 0 Å². The Bertz CT molecular complexity index is 574. The molecule has 5 nitrogen and oxygen atoms in total. The van der Waals surface area contributed by atoms with Crippen LogP contribution in [0, 0.1) is 17.2 Å². The zero-order chi connectivity index (χ0) is 15.8. The van der Waals surface area contributed by atoms with Gasteiger partial charge in [-0.25, -0.2) is 0 Å². The molecule has 1 unspecified atom stereocenters. The summed E-state index contributed by atoms with van der Waals surface area (Å²) < 4.78 is 5.36. The van der Waals surface area contributed by atoms with Crippen LogP contribution < -0.4 is 5.32 Å². The topological polar surface area (TPSA) is 82.4 Å². The smallest absolute Gasteiger partial charge is 0.244 e. The van der Waals surface area contributed by atoms with Crippen molar-refractivity contribution >= 4 is 12.0 Å². The summed E-state index contributed by atoms with van der Waals surface area (Å²) in [4.78, 5) is 11.7. The van der Waals surface area contributed by atoms with Gasteiger partial charge in [-0.05, 0) is 42.5 Å². The van der Waals surface area contributed by atoms with Crippen molar-refractivity contribution in [3.8, 4) is 6.07 Å². The summed E-state index contributed by atoms with van der Waals surface area (Å²) in [6.07, 6.45) is 4.74. The first-order valence-electron chi connectivity index (χ1n) is 7.39. The highest BCUT2D eigenvalue weighted by atomic mass is 16.5. The average Bonchev–Trinajstić information content (AvgIpc) is 3.35. The Balaban J connectivity index is 1.67. The standard InChI is InChI=1S/C17H20N2O3/c18-9-15-3-1-2-13(8-15)6-7-17(21)19-10-16(20)12-22-11-14-4-5-14/h1-3,6-8,14,16,20H,4-5,10-12H2,(H,19,21)/b7-6+. The first-order valence-corrected chi connectivity index (χ1v) is 7.39. The van der Waals surface area contributed by atoms with E-state index in [9.17, 15) is 9.90 Å². The van der Waals surface area contributed by atoms with Gasteiger partial charge in [-0.2, -0.15) is 5.26 Å². The van der Waals surface area contributed by atoms with Crippen molar-refractivity contribution in [2.24, 2.45) is 5.92 Å². The SMILES string of the molecule is N#Cc1cccc(/C=C/C(=O)NCC(O)COCC2CC2)c1. The fraction of sp³-hybridized carbons (Fsp3) is 0.412. The number of carbonyl (C=O) groups is 1. The summed E-state index contributed by atoms with van der Waals surface area (Å²) >= 11 is 0. The number of amides is 1. The quantitative estimate of drug-likeness (QED) is 0.712. The summed E-state index contributed by atoms with van der Waals surface area (Å²) in [7, 11) is 0. The van der Waals surface area contributed by atoms with Crippen LogP contribution in [0.1, 0.15) is 24.0 Å². The second kappa shape index (κ2) is 8.32. The monoisotopic (exact) mass is 300 g/mol. The van der Waals surface area contributed by atoms with Crippen molar-refractivity contribution < 1.29 is 14.6 Å². The molecule has 5 heteroatoms. The number of hydrogen-bond donors (Lipinski definition) is 2. The summed E-state index contributed by atoms with van der Waals surface area (Å²) in [6.45, 7) is 1.09. The van der Waals surface area contributed by atoms with E-state index in [4.69, 9.17) is 10.00 Å². The third-order valence-electron chi connectivity index (χ3n) is 3.32. The number of benzene rings is 1. The predicted molar refractivity (Wildman–Crippen MR) is 82.8 cm³/mol. The van der Waals surface area contributed by atoms with Crippen molar-refractivity contribution in [2.45, 2.75) is 18.9 Å². The van der Waals surface area contributed by atoms with Crippen LogP contribution in [0.4, 0.5) is 0 Å². The van der Waals surface area contributed by atoms with Crippen molar-refractivity contribution in [1.82, 2.24) is 5.32 Å². The van der Waals surface area contributed by atoms with E-state index >= 15 is 0 Å². The van der Waals surface area contributed by atoms with E-state index in [1.54, 1.807) is 24.3 Å². The minimum absolute atomic E-state index is 0.159. The Morgan fingerprint density at radius 3 is 3.09 bits per heavy atom. The fourth-order valence-electron chi connectivity index (χ4n) is 1.88. The summed E-state index contributed by atoms with van der Waals surface area (Å²) in [5.74, 6) is 0.373. The van der Waals surface area contributed by atoms with Crippen molar-refractivity contribution in [3.05, 3.63) is 41.5 Å². The number of ether oxygens (including phenoxy) is 1. The first-order chi connectivity index (χ1) is 10.7. The molecule has 1 aliphatic carbocycles. The van der Waals surface area contributed by atoms with Crippen molar-refractivity contribution in [2.75, 3.05) is 19.8 Å². The number of aliphatic hydroxyl groups is 1. The number of nitrogens with one attached hydrogen (secondary N) is 1. The summed E-state index contributed by atoms with van der Waals surface area (Å²) in [5.41, 5.74) is 1.33. The zero-order valence-corrected chi connectivity index (χ0v) is 12.4. The molecule has 1 fully saturated rings. The largest absolute Gasteiger partial charge is 0.389 e. The molecule has 2 rings (SSSR count). The number of rotatable bonds is 8. The van der Waals surface area contributed by atoms with Crippen LogP contribution in [0.2, 0.25) is 0 Å². The van der Waals surface area contributed by atoms with Crippen LogP contribution in [-0.4, -0.2) is 36.9 Å². The fourth-order valence-corrected chi connectivity index (χ4v) is 1.88. The van der Waals surface area contributed by atoms with E-state index in [1.165, 1.54) is 18.9 Å². The van der Waals surface area contributed by atoms with E-state index < -0.39 is 6.10 Å². The van der Waals surface area contributed by atoms with Crippen LogP contribution in [0.5, 0.6) is 0 Å². The number of nitriles is 1. The van der Waals surface area contributed by atoms with Gasteiger partial charge in [0.2, 0.25) is 5.91 Å². The van der Waals surface area contributed by atoms with Gasteiger partial charge in [0.1, 0.15) is 0 Å². The Hall–Kier alpha value is -2.16. The van der Waals surface area contributed by atoms with Gasteiger partial charge in [-0.3, -0.25) is 4.79 Å². The highest BCUT2D eigenvalue weighted by Gasteiger charge is 2.21. The maximum Gasteiger partial charge on any atom is 0.244 e. The molecule has 2 N–H and O–H groups in total. The molecule has 1 aromatic rings. The molecule has 0 spiro atoms. The lowest BCUT2D eigenvalue weighted by Crippen LogP contribution is -2.33. The molecule has 0 aliphatic heterocycles. The van der Waals surface area contributed by atoms with Crippen LogP contribution in [0.25, 0.3) is 6.08 Å². The van der Waals surface area contributed by atoms with Crippen LogP contribution >= 0.6 is 0 Å². The van der Waals surface area contributed by atoms with E-state index in [0.717, 1.165) is 5.56 Å². The number of aliphatic hydroxyl groups excluding tert-OH is 1. The summed E-state index contributed by atoms with van der Waals surface area (Å²) in [6, 6.07) is 9.02. The predicted octanol–water partition coefficient (Wildman–Crippen LogP) is 1.48. The van der Waals surface area contributed by atoms with Crippen molar-refractivity contribution in [3.63, 3.8) is 0 Å². The van der Waals surface area contributed by atoms with Gasteiger partial charge in [0.15, 0.2) is 0 Å². The molecule has 1 aliphatic rings. The molecule has 0 aromatic heterocycles. The van der Waals surface area contributed by atoms with Gasteiger partial charge < -0.3 is 15.2 Å². The lowest BCUT2D eigenvalue weighted by molar-refractivity contribution is -0.117. The molecule has 1 saturated carbocycles. The Labute approximate surface area is 130 Å². The highest BCUT2D eigenvalue weighted by Crippen LogP contribution is 2.28. The zero-order valence-electron chi connectivity index (χ0n) is 12.4. The molecule has 116 valence electrons. The van der Waals surface area contributed by atoms with E-state index in [2.05, 4.69) is 5.32 Å². The van der Waals surface area contributed by atoms with E-state index in [1.807, 2.05) is 12.1 Å². The van der Waals surface area contributed by atoms with Crippen molar-refractivity contribution in [1.29, 1.82) is 5.26 Å². The molecule has 1 amide bonds. The number of hydrogen-bond acceptors (Lipinski definition) is 4. The third kappa shape index (κ3) is 6.08. The number of nitrogens with zero attached hydrogens (tertiary/aromatic N) is 1. The van der Waals surface area contributed by atoms with Gasteiger partial charge in [0.25, 0.3) is 0 Å². The third-order valence-corrected chi connectivity index (χ3v) is 3.32. The molecule has 1 atom stereocenters. The molecule has 0 bridgehead atoms. The van der Waals surface area contributed by atoms with Gasteiger partial charge >= 0.3 is 0 Å². The van der Waals surface area contributed by atoms with E-state index in [-0.39, 0.29) is 19.1 Å². The van der Waals surface area contributed by atoms with Gasteiger partial charge in [0.05, 0.1) is 24.3 Å². The Kier molecular flexibility index (Phi) is 6.13. The molecular formula is C17H20N2O3. The second-order valence-electron chi connectivity index (χ2n) is 5.45. The number of carbonyl (C=O) groups excluding carboxylic acids is 1. The lowest BCUT2D eigenvalue weighted by atomic mass is 10.1. The maximum atomic E-state index is 11.7. The van der Waals surface area contributed by atoms with Gasteiger partial charge in [-0.15, -0.1) is 0 Å². The molecule has 0 saturated heterocycles. The van der Waals surface area contributed by atoms with Crippen LogP contribution in [-0.2, 0) is 9.53 Å². The molecular weight excluding hydrogens is 280 g/mol. The summed E-state index contributed by atoms with van der Waals surface area (Å²) in [5, 5.41) is 21.1. The lowest BCUT2D eigenvalue weighted by Gasteiger charge is -2.11. The average molecular weight is 300 g/mol. The Morgan fingerprint density at radius 2 is 2.36 bits per heavy atom. The van der Waals surface area contributed by atoms with Crippen LogP contribution in [0.15, 0.2) is 30.3 Å². The first kappa shape index (κ1) is 16.2. The second-order valence-corrected chi connectivity index (χ2v) is 5.45. The van der Waals surface area contributed by atoms with Gasteiger partial charge in [-0.1, -0.05) is 12.1 Å². The maximum absolute atomic E-state index is 11.7. The molecule has 0 radical (unpaired) electrons. The highest BCUT2D eigenvalue weighted by molar-refractivity contribution is 5.91. The Morgan fingerprint density at radius 1 is 1.55 bits per heavy atom. The minimum atomic E-state index is -0.696. The molecule has 1 aromatic carbocycles. The molecule has 0 heterocycles. The minimum Gasteiger partial charge on any atom is -0.389 e. The normalized spacial score (nSPS) is 15.5. The van der Waals surface area contributed by atoms with Gasteiger partial charge in [0, 0.05) is 19.2 Å². The van der Waals surface area contributed by atoms with E-state index in [0.29, 0.717) is 18.1 Å².